The van der Waals surface area contributed by atoms with Crippen LogP contribution in [-0.4, -0.2) is 18.9 Å². The maximum atomic E-state index is 12.7. The second-order valence-corrected chi connectivity index (χ2v) is 6.10. The molecule has 28 heavy (non-hydrogen) atoms. The smallest absolute Gasteiger partial charge is 0.272 e. The molecule has 7 heteroatoms. The topological polar surface area (TPSA) is 80.6 Å². The van der Waals surface area contributed by atoms with Crippen LogP contribution in [-0.2, 0) is 4.79 Å². The highest BCUT2D eigenvalue weighted by molar-refractivity contribution is 6.34. The summed E-state index contributed by atoms with van der Waals surface area (Å²) in [5.41, 5.74) is 0.811. The number of hydrogen-bond donors (Lipinski definition) is 2. The van der Waals surface area contributed by atoms with Crippen molar-refractivity contribution in [1.82, 2.24) is 5.32 Å². The van der Waals surface area contributed by atoms with Crippen molar-refractivity contribution in [2.75, 3.05) is 12.4 Å². The first-order valence-corrected chi connectivity index (χ1v) is 8.71. The van der Waals surface area contributed by atoms with E-state index in [4.69, 9.17) is 20.8 Å². The van der Waals surface area contributed by atoms with Crippen molar-refractivity contribution in [3.63, 3.8) is 0 Å². The molecule has 0 fully saturated rings. The minimum Gasteiger partial charge on any atom is -0.497 e. The maximum Gasteiger partial charge on any atom is 0.272 e. The molecule has 0 aliphatic rings. The molecule has 0 bridgehead atoms. The van der Waals surface area contributed by atoms with E-state index < -0.39 is 11.8 Å². The fraction of sp³-hybridized carbons (Fsp3) is 0.0476. The van der Waals surface area contributed by atoms with E-state index in [1.807, 2.05) is 0 Å². The monoisotopic (exact) mass is 396 g/mol. The number of benzene rings is 2. The molecule has 3 aromatic rings. The molecule has 6 nitrogen and oxygen atoms in total. The molecule has 3 rings (SSSR count). The van der Waals surface area contributed by atoms with Gasteiger partial charge in [-0.15, -0.1) is 0 Å². The van der Waals surface area contributed by atoms with E-state index in [1.165, 1.54) is 12.3 Å². The summed E-state index contributed by atoms with van der Waals surface area (Å²) in [4.78, 5) is 25.3. The maximum absolute atomic E-state index is 12.7. The Morgan fingerprint density at radius 1 is 1.04 bits per heavy atom. The van der Waals surface area contributed by atoms with Crippen LogP contribution >= 0.6 is 11.6 Å². The summed E-state index contributed by atoms with van der Waals surface area (Å²) in [6.45, 7) is 0. The van der Waals surface area contributed by atoms with Gasteiger partial charge >= 0.3 is 0 Å². The summed E-state index contributed by atoms with van der Waals surface area (Å²) < 4.78 is 10.4. The summed E-state index contributed by atoms with van der Waals surface area (Å²) in [6, 6.07) is 16.7. The Balaban J connectivity index is 1.83. The Kier molecular flexibility index (Phi) is 6.14. The van der Waals surface area contributed by atoms with Crippen molar-refractivity contribution in [3.05, 3.63) is 89.0 Å². The largest absolute Gasteiger partial charge is 0.497 e. The number of ether oxygens (including phenoxy) is 1. The van der Waals surface area contributed by atoms with Crippen LogP contribution in [0.4, 0.5) is 5.69 Å². The molecule has 0 saturated carbocycles. The average molecular weight is 397 g/mol. The number of carbonyl (C=O) groups excluding carboxylic acids is 2. The summed E-state index contributed by atoms with van der Waals surface area (Å²) in [6.07, 6.45) is 2.91. The number of methoxy groups -OCH3 is 1. The van der Waals surface area contributed by atoms with Crippen molar-refractivity contribution in [3.8, 4) is 5.75 Å². The third-order valence-electron chi connectivity index (χ3n) is 3.79. The van der Waals surface area contributed by atoms with Crippen LogP contribution in [0.5, 0.6) is 5.75 Å². The van der Waals surface area contributed by atoms with Gasteiger partial charge in [0.15, 0.2) is 0 Å². The zero-order chi connectivity index (χ0) is 19.9. The molecule has 2 N–H and O–H groups in total. The molecule has 0 saturated heterocycles. The van der Waals surface area contributed by atoms with Crippen molar-refractivity contribution in [2.24, 2.45) is 0 Å². The molecule has 2 amide bonds. The normalized spacial score (nSPS) is 11.0. The Labute approximate surface area is 166 Å². The molecule has 2 aromatic carbocycles. The number of rotatable bonds is 6. The Morgan fingerprint density at radius 3 is 2.43 bits per heavy atom. The van der Waals surface area contributed by atoms with Gasteiger partial charge in [0.25, 0.3) is 11.8 Å². The van der Waals surface area contributed by atoms with Gasteiger partial charge in [-0.1, -0.05) is 23.7 Å². The van der Waals surface area contributed by atoms with E-state index in [0.717, 1.165) is 0 Å². The summed E-state index contributed by atoms with van der Waals surface area (Å²) in [5, 5.41) is 5.61. The lowest BCUT2D eigenvalue weighted by atomic mass is 10.2. The van der Waals surface area contributed by atoms with Gasteiger partial charge in [0, 0.05) is 11.8 Å². The van der Waals surface area contributed by atoms with Crippen LogP contribution in [0.3, 0.4) is 0 Å². The van der Waals surface area contributed by atoms with Crippen molar-refractivity contribution < 1.29 is 18.7 Å². The van der Waals surface area contributed by atoms with Crippen molar-refractivity contribution >= 4 is 35.2 Å². The van der Waals surface area contributed by atoms with Gasteiger partial charge in [-0.3, -0.25) is 9.59 Å². The fourth-order valence-electron chi connectivity index (χ4n) is 2.38. The highest BCUT2D eigenvalue weighted by Crippen LogP contribution is 2.18. The van der Waals surface area contributed by atoms with Crippen LogP contribution in [0, 0.1) is 0 Å². The molecule has 1 aromatic heterocycles. The zero-order valence-corrected chi connectivity index (χ0v) is 15.7. The van der Waals surface area contributed by atoms with Crippen LogP contribution in [0.1, 0.15) is 16.1 Å². The predicted octanol–water partition coefficient (Wildman–Crippen LogP) is 4.35. The van der Waals surface area contributed by atoms with E-state index in [-0.39, 0.29) is 16.3 Å². The molecule has 0 unspecified atom stereocenters. The van der Waals surface area contributed by atoms with E-state index >= 15 is 0 Å². The van der Waals surface area contributed by atoms with Crippen LogP contribution in [0.2, 0.25) is 5.02 Å². The zero-order valence-electron chi connectivity index (χ0n) is 14.9. The van der Waals surface area contributed by atoms with Gasteiger partial charge in [-0.25, -0.2) is 0 Å². The number of halogens is 1. The number of nitrogens with one attached hydrogen (secondary N) is 2. The lowest BCUT2D eigenvalue weighted by Crippen LogP contribution is -2.30. The quantitative estimate of drug-likeness (QED) is 0.607. The molecular weight excluding hydrogens is 380 g/mol. The van der Waals surface area contributed by atoms with Crippen molar-refractivity contribution in [2.45, 2.75) is 0 Å². The van der Waals surface area contributed by atoms with E-state index in [9.17, 15) is 9.59 Å². The van der Waals surface area contributed by atoms with Gasteiger partial charge in [-0.2, -0.15) is 0 Å². The predicted molar refractivity (Wildman–Crippen MR) is 107 cm³/mol. The Morgan fingerprint density at radius 2 is 1.79 bits per heavy atom. The molecule has 0 spiro atoms. The van der Waals surface area contributed by atoms with Gasteiger partial charge in [0.1, 0.15) is 17.2 Å². The minimum atomic E-state index is -0.512. The van der Waals surface area contributed by atoms with Crippen molar-refractivity contribution in [1.29, 1.82) is 0 Å². The van der Waals surface area contributed by atoms with E-state index in [0.29, 0.717) is 17.2 Å². The lowest BCUT2D eigenvalue weighted by Gasteiger charge is -2.12. The average Bonchev–Trinajstić information content (AvgIpc) is 3.21. The highest BCUT2D eigenvalue weighted by atomic mass is 35.5. The standard InChI is InChI=1S/C21H17ClN2O4/c1-27-15-10-8-14(9-11-15)23-21(26)19(13-16-5-4-12-28-16)24-20(25)17-6-2-3-7-18(17)22/h2-13H,1H3,(H,23,26)(H,24,25). The first kappa shape index (κ1) is 19.3. The number of amides is 2. The van der Waals surface area contributed by atoms with Gasteiger partial charge < -0.3 is 19.8 Å². The Hall–Kier alpha value is -3.51. The third kappa shape index (κ3) is 4.81. The summed E-state index contributed by atoms with van der Waals surface area (Å²) in [5.74, 6) is 0.0611. The first-order valence-electron chi connectivity index (χ1n) is 8.33. The first-order chi connectivity index (χ1) is 13.6. The minimum absolute atomic E-state index is 0.00990. The number of anilines is 1. The van der Waals surface area contributed by atoms with Crippen LogP contribution in [0.25, 0.3) is 6.08 Å². The SMILES string of the molecule is COc1ccc(NC(=O)C(=Cc2ccco2)NC(=O)c2ccccc2Cl)cc1. The molecular formula is C21H17ClN2O4. The van der Waals surface area contributed by atoms with Crippen LogP contribution < -0.4 is 15.4 Å². The van der Waals surface area contributed by atoms with E-state index in [1.54, 1.807) is 67.8 Å². The van der Waals surface area contributed by atoms with Gasteiger partial charge in [0.05, 0.1) is 24.0 Å². The second-order valence-electron chi connectivity index (χ2n) is 5.69. The molecule has 142 valence electrons. The number of furan rings is 1. The lowest BCUT2D eigenvalue weighted by molar-refractivity contribution is -0.113. The molecule has 0 atom stereocenters. The van der Waals surface area contributed by atoms with Crippen LogP contribution in [0.15, 0.2) is 77.0 Å². The molecule has 1 heterocycles. The molecule has 0 radical (unpaired) electrons. The highest BCUT2D eigenvalue weighted by Gasteiger charge is 2.17. The molecule has 0 aliphatic heterocycles. The third-order valence-corrected chi connectivity index (χ3v) is 4.12. The molecule has 0 aliphatic carbocycles. The second kappa shape index (κ2) is 8.92. The summed E-state index contributed by atoms with van der Waals surface area (Å²) >= 11 is 6.07. The van der Waals surface area contributed by atoms with Gasteiger partial charge in [0.2, 0.25) is 0 Å². The fourth-order valence-corrected chi connectivity index (χ4v) is 2.60. The van der Waals surface area contributed by atoms with Gasteiger partial charge in [-0.05, 0) is 48.5 Å². The Bertz CT molecular complexity index is 996. The number of hydrogen-bond acceptors (Lipinski definition) is 4. The number of carbonyl (C=O) groups is 2. The summed E-state index contributed by atoms with van der Waals surface area (Å²) in [7, 11) is 1.56. The van der Waals surface area contributed by atoms with E-state index in [2.05, 4.69) is 10.6 Å².